The van der Waals surface area contributed by atoms with Gasteiger partial charge in [0.2, 0.25) is 0 Å². The molecule has 2 heteroatoms. The third kappa shape index (κ3) is 3.13. The Morgan fingerprint density at radius 2 is 1.75 bits per heavy atom. The van der Waals surface area contributed by atoms with Crippen molar-refractivity contribution in [3.8, 4) is 0 Å². The molecule has 0 bridgehead atoms. The Labute approximate surface area is 122 Å². The van der Waals surface area contributed by atoms with E-state index < -0.39 is 0 Å². The second-order valence-corrected chi connectivity index (χ2v) is 5.51. The van der Waals surface area contributed by atoms with Crippen molar-refractivity contribution in [3.63, 3.8) is 0 Å². The molecule has 0 amide bonds. The molecule has 0 saturated carbocycles. The van der Waals surface area contributed by atoms with E-state index in [9.17, 15) is 0 Å². The standard InChI is InChI=1S/C18H25NO/c1-4-13(3)17(14-9-7-6-8-10-14)18(19)16-12-11-15(5-2)20-16/h6-13,17-18H,4-5,19H2,1-3H3. The third-order valence-electron chi connectivity index (χ3n) is 4.19. The first kappa shape index (κ1) is 14.9. The van der Waals surface area contributed by atoms with Crippen molar-refractivity contribution in [2.75, 3.05) is 0 Å². The van der Waals surface area contributed by atoms with Gasteiger partial charge in [-0.05, 0) is 23.6 Å². The van der Waals surface area contributed by atoms with Gasteiger partial charge in [0.25, 0.3) is 0 Å². The van der Waals surface area contributed by atoms with Gasteiger partial charge >= 0.3 is 0 Å². The van der Waals surface area contributed by atoms with Crippen LogP contribution in [-0.4, -0.2) is 0 Å². The van der Waals surface area contributed by atoms with E-state index in [0.717, 1.165) is 24.4 Å². The van der Waals surface area contributed by atoms with Crippen LogP contribution < -0.4 is 5.73 Å². The summed E-state index contributed by atoms with van der Waals surface area (Å²) in [6, 6.07) is 14.5. The summed E-state index contributed by atoms with van der Waals surface area (Å²) in [5, 5.41) is 0. The zero-order chi connectivity index (χ0) is 14.5. The first-order valence-electron chi connectivity index (χ1n) is 7.56. The largest absolute Gasteiger partial charge is 0.464 e. The van der Waals surface area contributed by atoms with Gasteiger partial charge in [-0.15, -0.1) is 0 Å². The van der Waals surface area contributed by atoms with Crippen LogP contribution in [0.3, 0.4) is 0 Å². The molecule has 2 N–H and O–H groups in total. The Balaban J connectivity index is 2.31. The molecule has 0 aliphatic heterocycles. The SMILES string of the molecule is CCc1ccc(C(N)C(c2ccccc2)C(C)CC)o1. The Morgan fingerprint density at radius 3 is 2.30 bits per heavy atom. The lowest BCUT2D eigenvalue weighted by Gasteiger charge is -2.28. The van der Waals surface area contributed by atoms with Crippen molar-refractivity contribution in [2.45, 2.75) is 45.6 Å². The minimum Gasteiger partial charge on any atom is -0.464 e. The monoisotopic (exact) mass is 271 g/mol. The van der Waals surface area contributed by atoms with Gasteiger partial charge in [0, 0.05) is 12.3 Å². The molecule has 0 fully saturated rings. The van der Waals surface area contributed by atoms with Crippen molar-refractivity contribution in [1.29, 1.82) is 0 Å². The average Bonchev–Trinajstić information content (AvgIpc) is 2.97. The van der Waals surface area contributed by atoms with Crippen LogP contribution in [0.15, 0.2) is 46.9 Å². The average molecular weight is 271 g/mol. The lowest BCUT2D eigenvalue weighted by Crippen LogP contribution is -2.24. The highest BCUT2D eigenvalue weighted by molar-refractivity contribution is 5.25. The summed E-state index contributed by atoms with van der Waals surface area (Å²) in [4.78, 5) is 0. The second-order valence-electron chi connectivity index (χ2n) is 5.51. The minimum atomic E-state index is -0.0901. The molecular weight excluding hydrogens is 246 g/mol. The van der Waals surface area contributed by atoms with Gasteiger partial charge in [-0.1, -0.05) is 57.5 Å². The second kappa shape index (κ2) is 6.76. The van der Waals surface area contributed by atoms with Crippen LogP contribution in [0.1, 0.15) is 56.2 Å². The highest BCUT2D eigenvalue weighted by atomic mass is 16.3. The third-order valence-corrected chi connectivity index (χ3v) is 4.19. The van der Waals surface area contributed by atoms with Gasteiger partial charge in [-0.3, -0.25) is 0 Å². The molecule has 2 rings (SSSR count). The predicted molar refractivity (Wildman–Crippen MR) is 83.7 cm³/mol. The molecule has 108 valence electrons. The van der Waals surface area contributed by atoms with E-state index >= 15 is 0 Å². The van der Waals surface area contributed by atoms with Gasteiger partial charge in [0.05, 0.1) is 6.04 Å². The van der Waals surface area contributed by atoms with E-state index in [4.69, 9.17) is 10.2 Å². The summed E-state index contributed by atoms with van der Waals surface area (Å²) in [6.07, 6.45) is 2.01. The number of furan rings is 1. The molecule has 0 aliphatic rings. The van der Waals surface area contributed by atoms with Gasteiger partial charge in [-0.25, -0.2) is 0 Å². The van der Waals surface area contributed by atoms with Gasteiger partial charge in [-0.2, -0.15) is 0 Å². The quantitative estimate of drug-likeness (QED) is 0.829. The number of benzene rings is 1. The fourth-order valence-corrected chi connectivity index (χ4v) is 2.76. The maximum Gasteiger partial charge on any atom is 0.121 e. The molecule has 0 radical (unpaired) electrons. The summed E-state index contributed by atoms with van der Waals surface area (Å²) in [7, 11) is 0. The van der Waals surface area contributed by atoms with Crippen LogP contribution in [-0.2, 0) is 6.42 Å². The van der Waals surface area contributed by atoms with Crippen LogP contribution in [0.2, 0.25) is 0 Å². The van der Waals surface area contributed by atoms with E-state index in [2.05, 4.69) is 45.0 Å². The highest BCUT2D eigenvalue weighted by Crippen LogP contribution is 2.37. The number of aryl methyl sites for hydroxylation is 1. The molecule has 1 heterocycles. The molecule has 2 aromatic rings. The predicted octanol–water partition coefficient (Wildman–Crippen LogP) is 4.67. The van der Waals surface area contributed by atoms with Crippen LogP contribution in [0.25, 0.3) is 0 Å². The maximum atomic E-state index is 6.52. The highest BCUT2D eigenvalue weighted by Gasteiger charge is 2.28. The first-order valence-corrected chi connectivity index (χ1v) is 7.56. The van der Waals surface area contributed by atoms with Crippen molar-refractivity contribution in [3.05, 3.63) is 59.5 Å². The van der Waals surface area contributed by atoms with E-state index in [-0.39, 0.29) is 12.0 Å². The van der Waals surface area contributed by atoms with E-state index in [0.29, 0.717) is 5.92 Å². The Bertz CT molecular complexity index is 517. The summed E-state index contributed by atoms with van der Waals surface area (Å²) in [6.45, 7) is 6.58. The summed E-state index contributed by atoms with van der Waals surface area (Å²) in [5.41, 5.74) is 7.82. The number of hydrogen-bond acceptors (Lipinski definition) is 2. The molecule has 3 unspecified atom stereocenters. The van der Waals surface area contributed by atoms with Crippen LogP contribution in [0.5, 0.6) is 0 Å². The number of nitrogens with two attached hydrogens (primary N) is 1. The molecule has 20 heavy (non-hydrogen) atoms. The van der Waals surface area contributed by atoms with E-state index in [1.54, 1.807) is 0 Å². The Kier molecular flexibility index (Phi) is 5.02. The molecule has 2 nitrogen and oxygen atoms in total. The van der Waals surface area contributed by atoms with Crippen molar-refractivity contribution in [1.82, 2.24) is 0 Å². The van der Waals surface area contributed by atoms with Crippen molar-refractivity contribution >= 4 is 0 Å². The first-order chi connectivity index (χ1) is 9.67. The smallest absolute Gasteiger partial charge is 0.121 e. The molecule has 0 aliphatic carbocycles. The lowest BCUT2D eigenvalue weighted by molar-refractivity contribution is 0.337. The Morgan fingerprint density at radius 1 is 1.05 bits per heavy atom. The van der Waals surface area contributed by atoms with Gasteiger partial charge in [0.1, 0.15) is 11.5 Å². The van der Waals surface area contributed by atoms with Crippen LogP contribution in [0.4, 0.5) is 0 Å². The molecule has 3 atom stereocenters. The molecular formula is C18H25NO. The normalized spacial score (nSPS) is 15.8. The minimum absolute atomic E-state index is 0.0901. The molecule has 0 spiro atoms. The molecule has 1 aromatic carbocycles. The van der Waals surface area contributed by atoms with Gasteiger partial charge < -0.3 is 10.2 Å². The fraction of sp³-hybridized carbons (Fsp3) is 0.444. The summed E-state index contributed by atoms with van der Waals surface area (Å²) in [5.74, 6) is 2.71. The fourth-order valence-electron chi connectivity index (χ4n) is 2.76. The Hall–Kier alpha value is -1.54. The lowest BCUT2D eigenvalue weighted by atomic mass is 9.79. The maximum absolute atomic E-state index is 6.52. The van der Waals surface area contributed by atoms with Crippen molar-refractivity contribution < 1.29 is 4.42 Å². The molecule has 1 aromatic heterocycles. The zero-order valence-corrected chi connectivity index (χ0v) is 12.7. The van der Waals surface area contributed by atoms with Crippen LogP contribution in [0, 0.1) is 5.92 Å². The summed E-state index contributed by atoms with van der Waals surface area (Å²) >= 11 is 0. The number of rotatable bonds is 6. The zero-order valence-electron chi connectivity index (χ0n) is 12.7. The van der Waals surface area contributed by atoms with Gasteiger partial charge in [0.15, 0.2) is 0 Å². The molecule has 0 saturated heterocycles. The summed E-state index contributed by atoms with van der Waals surface area (Å²) < 4.78 is 5.87. The van der Waals surface area contributed by atoms with Crippen molar-refractivity contribution in [2.24, 2.45) is 11.7 Å². The van der Waals surface area contributed by atoms with E-state index in [1.807, 2.05) is 18.2 Å². The number of hydrogen-bond donors (Lipinski definition) is 1. The van der Waals surface area contributed by atoms with Crippen LogP contribution >= 0.6 is 0 Å². The van der Waals surface area contributed by atoms with E-state index in [1.165, 1.54) is 5.56 Å². The topological polar surface area (TPSA) is 39.2 Å².